The Morgan fingerprint density at radius 3 is 2.80 bits per heavy atom. The van der Waals surface area contributed by atoms with Crippen molar-refractivity contribution in [3.63, 3.8) is 0 Å². The van der Waals surface area contributed by atoms with E-state index in [0.717, 1.165) is 37.5 Å². The zero-order valence-corrected chi connectivity index (χ0v) is 14.2. The van der Waals surface area contributed by atoms with Gasteiger partial charge in [0.1, 0.15) is 16.8 Å². The first-order chi connectivity index (χ1) is 12.3. The minimum Gasteiger partial charge on any atom is -0.354 e. The Hall–Kier alpha value is -2.72. The number of anilines is 2. The molecule has 0 saturated carbocycles. The van der Waals surface area contributed by atoms with E-state index in [4.69, 9.17) is 0 Å². The summed E-state index contributed by atoms with van der Waals surface area (Å²) in [5.74, 6) is 0.829. The van der Waals surface area contributed by atoms with Gasteiger partial charge in [-0.2, -0.15) is 0 Å². The van der Waals surface area contributed by atoms with Gasteiger partial charge < -0.3 is 4.90 Å². The Labute approximate surface area is 147 Å². The molecule has 4 rings (SSSR count). The third kappa shape index (κ3) is 3.69. The van der Waals surface area contributed by atoms with E-state index in [0.29, 0.717) is 17.3 Å². The SMILES string of the molecule is O=C(CN1CCN(c2ccc3nccnc3n2)CC1)Nc1nncs1. The summed E-state index contributed by atoms with van der Waals surface area (Å²) in [6.45, 7) is 3.56. The third-order valence-electron chi connectivity index (χ3n) is 3.99. The zero-order valence-electron chi connectivity index (χ0n) is 13.4. The Morgan fingerprint density at radius 1 is 1.16 bits per heavy atom. The second-order valence-corrected chi connectivity index (χ2v) is 6.46. The summed E-state index contributed by atoms with van der Waals surface area (Å²) in [6.07, 6.45) is 3.31. The van der Waals surface area contributed by atoms with Crippen LogP contribution in [0.25, 0.3) is 11.2 Å². The summed E-state index contributed by atoms with van der Waals surface area (Å²) in [5.41, 5.74) is 3.03. The van der Waals surface area contributed by atoms with Gasteiger partial charge >= 0.3 is 0 Å². The molecule has 3 aromatic rings. The van der Waals surface area contributed by atoms with Crippen LogP contribution in [0, 0.1) is 0 Å². The number of hydrogen-bond acceptors (Lipinski definition) is 9. The number of piperazine rings is 1. The molecule has 0 spiro atoms. The summed E-state index contributed by atoms with van der Waals surface area (Å²) < 4.78 is 0. The van der Waals surface area contributed by atoms with Gasteiger partial charge in [-0.1, -0.05) is 11.3 Å². The highest BCUT2D eigenvalue weighted by molar-refractivity contribution is 7.13. The topological polar surface area (TPSA) is 100 Å². The van der Waals surface area contributed by atoms with Gasteiger partial charge in [0.2, 0.25) is 11.0 Å². The maximum atomic E-state index is 12.0. The number of fused-ring (bicyclic) bond motifs is 1. The fourth-order valence-electron chi connectivity index (χ4n) is 2.75. The first-order valence-electron chi connectivity index (χ1n) is 7.89. The average molecular weight is 356 g/mol. The van der Waals surface area contributed by atoms with Crippen LogP contribution in [0.3, 0.4) is 0 Å². The van der Waals surface area contributed by atoms with Crippen molar-refractivity contribution in [2.45, 2.75) is 0 Å². The molecule has 25 heavy (non-hydrogen) atoms. The molecule has 128 valence electrons. The number of carbonyl (C=O) groups excluding carboxylic acids is 1. The molecule has 1 saturated heterocycles. The molecule has 1 aliphatic heterocycles. The standard InChI is InChI=1S/C15H16N8OS/c24-13(20-15-21-18-10-25-15)9-22-5-7-23(8-6-22)12-2-1-11-14(19-12)17-4-3-16-11/h1-4,10H,5-9H2,(H,20,21,24). The molecule has 0 radical (unpaired) electrons. The molecule has 1 aliphatic rings. The average Bonchev–Trinajstić information content (AvgIpc) is 3.15. The second-order valence-electron chi connectivity index (χ2n) is 5.62. The van der Waals surface area contributed by atoms with E-state index in [1.54, 1.807) is 17.9 Å². The number of pyridine rings is 1. The molecule has 0 aromatic carbocycles. The molecule has 4 heterocycles. The largest absolute Gasteiger partial charge is 0.354 e. The molecule has 0 unspecified atom stereocenters. The number of amides is 1. The molecule has 9 nitrogen and oxygen atoms in total. The van der Waals surface area contributed by atoms with Crippen LogP contribution in [0.1, 0.15) is 0 Å². The van der Waals surface area contributed by atoms with E-state index in [2.05, 4.69) is 40.3 Å². The van der Waals surface area contributed by atoms with Crippen LogP contribution in [-0.2, 0) is 4.79 Å². The zero-order chi connectivity index (χ0) is 17.1. The monoisotopic (exact) mass is 356 g/mol. The Bertz CT molecular complexity index is 863. The molecule has 10 heteroatoms. The van der Waals surface area contributed by atoms with Crippen LogP contribution >= 0.6 is 11.3 Å². The highest BCUT2D eigenvalue weighted by Gasteiger charge is 2.20. The van der Waals surface area contributed by atoms with Gasteiger partial charge in [0.25, 0.3) is 0 Å². The van der Waals surface area contributed by atoms with E-state index in [1.165, 1.54) is 11.3 Å². The molecular formula is C15H16N8OS. The fraction of sp³-hybridized carbons (Fsp3) is 0.333. The number of hydrogen-bond donors (Lipinski definition) is 1. The summed E-state index contributed by atoms with van der Waals surface area (Å²) in [6, 6.07) is 3.90. The van der Waals surface area contributed by atoms with Crippen molar-refractivity contribution in [1.29, 1.82) is 0 Å². The van der Waals surface area contributed by atoms with E-state index in [9.17, 15) is 4.79 Å². The number of nitrogens with zero attached hydrogens (tertiary/aromatic N) is 7. The minimum atomic E-state index is -0.0655. The number of carbonyl (C=O) groups is 1. The number of nitrogens with one attached hydrogen (secondary N) is 1. The van der Waals surface area contributed by atoms with Crippen LogP contribution in [0.15, 0.2) is 30.0 Å². The van der Waals surface area contributed by atoms with Crippen LogP contribution in [-0.4, -0.2) is 68.7 Å². The van der Waals surface area contributed by atoms with Gasteiger partial charge in [-0.15, -0.1) is 10.2 Å². The van der Waals surface area contributed by atoms with Crippen molar-refractivity contribution in [3.05, 3.63) is 30.0 Å². The maximum absolute atomic E-state index is 12.0. The smallest absolute Gasteiger partial charge is 0.240 e. The Balaban J connectivity index is 1.33. The number of aromatic nitrogens is 5. The van der Waals surface area contributed by atoms with Crippen LogP contribution in [0.5, 0.6) is 0 Å². The Morgan fingerprint density at radius 2 is 2.00 bits per heavy atom. The van der Waals surface area contributed by atoms with E-state index >= 15 is 0 Å². The first-order valence-corrected chi connectivity index (χ1v) is 8.77. The van der Waals surface area contributed by atoms with E-state index < -0.39 is 0 Å². The third-order valence-corrected chi connectivity index (χ3v) is 4.59. The summed E-state index contributed by atoms with van der Waals surface area (Å²) >= 11 is 1.31. The van der Waals surface area contributed by atoms with Gasteiger partial charge in [0.05, 0.1) is 6.54 Å². The quantitative estimate of drug-likeness (QED) is 0.727. The van der Waals surface area contributed by atoms with Crippen molar-refractivity contribution in [3.8, 4) is 0 Å². The van der Waals surface area contributed by atoms with Crippen LogP contribution in [0.4, 0.5) is 10.9 Å². The van der Waals surface area contributed by atoms with Crippen molar-refractivity contribution in [2.75, 3.05) is 42.9 Å². The van der Waals surface area contributed by atoms with Gasteiger partial charge in [-0.05, 0) is 12.1 Å². The van der Waals surface area contributed by atoms with Gasteiger partial charge in [0, 0.05) is 38.6 Å². The first kappa shape index (κ1) is 15.8. The normalized spacial score (nSPS) is 15.4. The summed E-state index contributed by atoms with van der Waals surface area (Å²) in [7, 11) is 0. The number of rotatable bonds is 4. The van der Waals surface area contributed by atoms with Gasteiger partial charge in [0.15, 0.2) is 5.65 Å². The van der Waals surface area contributed by atoms with Gasteiger partial charge in [-0.25, -0.2) is 9.97 Å². The van der Waals surface area contributed by atoms with E-state index in [1.807, 2.05) is 12.1 Å². The lowest BCUT2D eigenvalue weighted by molar-refractivity contribution is -0.117. The van der Waals surface area contributed by atoms with Crippen LogP contribution < -0.4 is 10.2 Å². The Kier molecular flexibility index (Phi) is 4.44. The summed E-state index contributed by atoms with van der Waals surface area (Å²) in [4.78, 5) is 29.4. The minimum absolute atomic E-state index is 0.0655. The van der Waals surface area contributed by atoms with Crippen LogP contribution in [0.2, 0.25) is 0 Å². The van der Waals surface area contributed by atoms with E-state index in [-0.39, 0.29) is 5.91 Å². The summed E-state index contributed by atoms with van der Waals surface area (Å²) in [5, 5.41) is 10.8. The molecule has 1 amide bonds. The molecule has 1 N–H and O–H groups in total. The predicted molar refractivity (Wildman–Crippen MR) is 94.5 cm³/mol. The fourth-order valence-corrected chi connectivity index (χ4v) is 3.21. The predicted octanol–water partition coefficient (Wildman–Crippen LogP) is 0.637. The lowest BCUT2D eigenvalue weighted by Gasteiger charge is -2.34. The second kappa shape index (κ2) is 7.03. The highest BCUT2D eigenvalue weighted by atomic mass is 32.1. The molecule has 1 fully saturated rings. The lowest BCUT2D eigenvalue weighted by atomic mass is 10.3. The maximum Gasteiger partial charge on any atom is 0.240 e. The molecule has 0 atom stereocenters. The van der Waals surface area contributed by atoms with Gasteiger partial charge in [-0.3, -0.25) is 20.0 Å². The van der Waals surface area contributed by atoms with Crippen molar-refractivity contribution in [1.82, 2.24) is 30.0 Å². The molecule has 0 aliphatic carbocycles. The lowest BCUT2D eigenvalue weighted by Crippen LogP contribution is -2.48. The van der Waals surface area contributed by atoms with Crippen molar-refractivity contribution < 1.29 is 4.79 Å². The molecule has 0 bridgehead atoms. The molecule has 3 aromatic heterocycles. The van der Waals surface area contributed by atoms with Crippen molar-refractivity contribution in [2.24, 2.45) is 0 Å². The molecular weight excluding hydrogens is 340 g/mol. The highest BCUT2D eigenvalue weighted by Crippen LogP contribution is 2.17. The van der Waals surface area contributed by atoms with Crippen molar-refractivity contribution >= 4 is 39.4 Å².